The summed E-state index contributed by atoms with van der Waals surface area (Å²) in [6, 6.07) is 9.24. The van der Waals surface area contributed by atoms with Crippen LogP contribution >= 0.6 is 0 Å². The number of hydrogen-bond donors (Lipinski definition) is 0. The zero-order chi connectivity index (χ0) is 14.9. The second-order valence-corrected chi connectivity index (χ2v) is 7.02. The summed E-state index contributed by atoms with van der Waals surface area (Å²) >= 11 is 0. The van der Waals surface area contributed by atoms with E-state index in [9.17, 15) is 0 Å². The predicted molar refractivity (Wildman–Crippen MR) is 85.6 cm³/mol. The quantitative estimate of drug-likeness (QED) is 0.797. The molecule has 116 valence electrons. The first kappa shape index (κ1) is 15.1. The van der Waals surface area contributed by atoms with E-state index >= 15 is 0 Å². The van der Waals surface area contributed by atoms with Crippen LogP contribution < -0.4 is 0 Å². The number of benzene rings is 1. The summed E-state index contributed by atoms with van der Waals surface area (Å²) in [7, 11) is 0. The molecule has 1 heterocycles. The van der Waals surface area contributed by atoms with Crippen LogP contribution in [0.25, 0.3) is 0 Å². The Morgan fingerprint density at radius 1 is 1.05 bits per heavy atom. The zero-order valence-electron chi connectivity index (χ0n) is 13.7. The van der Waals surface area contributed by atoms with E-state index in [1.165, 1.54) is 30.4 Å². The van der Waals surface area contributed by atoms with Gasteiger partial charge in [0.1, 0.15) is 0 Å². The third-order valence-electron chi connectivity index (χ3n) is 5.62. The van der Waals surface area contributed by atoms with Crippen LogP contribution in [0.2, 0.25) is 0 Å². The van der Waals surface area contributed by atoms with Gasteiger partial charge in [-0.2, -0.15) is 0 Å². The van der Waals surface area contributed by atoms with Crippen LogP contribution in [0.1, 0.15) is 69.9 Å². The summed E-state index contributed by atoms with van der Waals surface area (Å²) < 4.78 is 11.8. The van der Waals surface area contributed by atoms with Crippen molar-refractivity contribution in [1.82, 2.24) is 0 Å². The Kier molecular flexibility index (Phi) is 4.11. The third kappa shape index (κ3) is 2.76. The third-order valence-corrected chi connectivity index (χ3v) is 5.62. The predicted octanol–water partition coefficient (Wildman–Crippen LogP) is 4.77. The van der Waals surface area contributed by atoms with Gasteiger partial charge in [-0.25, -0.2) is 0 Å². The highest BCUT2D eigenvalue weighted by Gasteiger charge is 2.46. The fourth-order valence-corrected chi connectivity index (χ4v) is 3.97. The molecular weight excluding hydrogens is 260 g/mol. The van der Waals surface area contributed by atoms with Crippen molar-refractivity contribution >= 4 is 0 Å². The van der Waals surface area contributed by atoms with E-state index in [0.717, 1.165) is 26.1 Å². The first-order valence-electron chi connectivity index (χ1n) is 8.48. The van der Waals surface area contributed by atoms with Gasteiger partial charge in [0.15, 0.2) is 5.79 Å². The molecule has 2 nitrogen and oxygen atoms in total. The molecule has 1 saturated heterocycles. The molecule has 0 amide bonds. The fourth-order valence-electron chi connectivity index (χ4n) is 3.97. The van der Waals surface area contributed by atoms with Crippen LogP contribution in [0.15, 0.2) is 24.3 Å². The van der Waals surface area contributed by atoms with Crippen molar-refractivity contribution in [3.63, 3.8) is 0 Å². The number of rotatable bonds is 3. The Morgan fingerprint density at radius 2 is 1.71 bits per heavy atom. The van der Waals surface area contributed by atoms with Gasteiger partial charge in [-0.15, -0.1) is 0 Å². The van der Waals surface area contributed by atoms with Gasteiger partial charge in [0, 0.05) is 12.8 Å². The van der Waals surface area contributed by atoms with E-state index in [1.54, 1.807) is 0 Å². The van der Waals surface area contributed by atoms with E-state index in [-0.39, 0.29) is 5.79 Å². The highest BCUT2D eigenvalue weighted by molar-refractivity contribution is 5.32. The topological polar surface area (TPSA) is 18.5 Å². The summed E-state index contributed by atoms with van der Waals surface area (Å²) in [6.45, 7) is 8.40. The van der Waals surface area contributed by atoms with E-state index in [2.05, 4.69) is 45.0 Å². The number of ether oxygens (including phenoxy) is 2. The molecule has 2 heteroatoms. The van der Waals surface area contributed by atoms with E-state index in [1.807, 2.05) is 0 Å². The van der Waals surface area contributed by atoms with E-state index < -0.39 is 0 Å². The monoisotopic (exact) mass is 288 g/mol. The molecular formula is C19H28O2. The Labute approximate surface area is 128 Å². The lowest BCUT2D eigenvalue weighted by molar-refractivity contribution is -0.185. The highest BCUT2D eigenvalue weighted by Crippen LogP contribution is 2.48. The maximum absolute atomic E-state index is 5.89. The lowest BCUT2D eigenvalue weighted by atomic mass is 9.66. The van der Waals surface area contributed by atoms with Gasteiger partial charge in [0.05, 0.1) is 13.2 Å². The Balaban J connectivity index is 1.83. The van der Waals surface area contributed by atoms with E-state index in [4.69, 9.17) is 9.47 Å². The molecule has 0 N–H and O–H groups in total. The summed E-state index contributed by atoms with van der Waals surface area (Å²) in [6.07, 6.45) is 5.61. The molecule has 0 atom stereocenters. The lowest BCUT2D eigenvalue weighted by Gasteiger charge is -2.44. The summed E-state index contributed by atoms with van der Waals surface area (Å²) in [4.78, 5) is 0. The zero-order valence-corrected chi connectivity index (χ0v) is 13.7. The molecule has 1 aromatic carbocycles. The SMILES string of the molecule is CCC1(c2cccc(C(C)C)c2)CCC2(CC1)OCCO2. The van der Waals surface area contributed by atoms with Gasteiger partial charge in [0.25, 0.3) is 0 Å². The van der Waals surface area contributed by atoms with Crippen molar-refractivity contribution < 1.29 is 9.47 Å². The minimum absolute atomic E-state index is 0.256. The largest absolute Gasteiger partial charge is 0.348 e. The first-order valence-corrected chi connectivity index (χ1v) is 8.48. The fraction of sp³-hybridized carbons (Fsp3) is 0.684. The van der Waals surface area contributed by atoms with Crippen LogP contribution in [-0.4, -0.2) is 19.0 Å². The van der Waals surface area contributed by atoms with Crippen LogP contribution in [0, 0.1) is 0 Å². The van der Waals surface area contributed by atoms with Crippen molar-refractivity contribution in [3.05, 3.63) is 35.4 Å². The van der Waals surface area contributed by atoms with Crippen molar-refractivity contribution in [2.75, 3.05) is 13.2 Å². The van der Waals surface area contributed by atoms with Crippen molar-refractivity contribution in [3.8, 4) is 0 Å². The van der Waals surface area contributed by atoms with Gasteiger partial charge >= 0.3 is 0 Å². The molecule has 0 bridgehead atoms. The van der Waals surface area contributed by atoms with Crippen molar-refractivity contribution in [1.29, 1.82) is 0 Å². The molecule has 1 aliphatic heterocycles. The Hall–Kier alpha value is -0.860. The second kappa shape index (κ2) is 5.73. The molecule has 1 saturated carbocycles. The van der Waals surface area contributed by atoms with Crippen LogP contribution in [-0.2, 0) is 14.9 Å². The molecule has 2 aliphatic rings. The van der Waals surface area contributed by atoms with E-state index in [0.29, 0.717) is 11.3 Å². The summed E-state index contributed by atoms with van der Waals surface area (Å²) in [5, 5.41) is 0. The Morgan fingerprint density at radius 3 is 2.29 bits per heavy atom. The molecule has 0 unspecified atom stereocenters. The average molecular weight is 288 g/mol. The van der Waals surface area contributed by atoms with Crippen molar-refractivity contribution in [2.24, 2.45) is 0 Å². The maximum atomic E-state index is 5.89. The standard InChI is InChI=1S/C19H28O2/c1-4-18(17-7-5-6-16(14-17)15(2)3)8-10-19(11-9-18)20-12-13-21-19/h5-7,14-15H,4,8-13H2,1-3H3. The van der Waals surface area contributed by atoms with Crippen molar-refractivity contribution in [2.45, 2.75) is 70.0 Å². The Bertz CT molecular complexity index is 476. The van der Waals surface area contributed by atoms with Gasteiger partial charge in [-0.3, -0.25) is 0 Å². The minimum atomic E-state index is -0.256. The van der Waals surface area contributed by atoms with Crippen LogP contribution in [0.4, 0.5) is 0 Å². The maximum Gasteiger partial charge on any atom is 0.168 e. The van der Waals surface area contributed by atoms with Gasteiger partial charge in [-0.05, 0) is 41.7 Å². The molecule has 1 aliphatic carbocycles. The normalized spacial score (nSPS) is 23.8. The highest BCUT2D eigenvalue weighted by atomic mass is 16.7. The molecule has 0 radical (unpaired) electrons. The first-order chi connectivity index (χ1) is 10.1. The molecule has 21 heavy (non-hydrogen) atoms. The smallest absolute Gasteiger partial charge is 0.168 e. The van der Waals surface area contributed by atoms with Gasteiger partial charge in [0.2, 0.25) is 0 Å². The molecule has 0 aromatic heterocycles. The summed E-state index contributed by atoms with van der Waals surface area (Å²) in [5.41, 5.74) is 3.28. The van der Waals surface area contributed by atoms with Gasteiger partial charge < -0.3 is 9.47 Å². The average Bonchev–Trinajstić information content (AvgIpc) is 2.97. The molecule has 1 spiro atoms. The second-order valence-electron chi connectivity index (χ2n) is 7.02. The minimum Gasteiger partial charge on any atom is -0.348 e. The summed E-state index contributed by atoms with van der Waals surface area (Å²) in [5.74, 6) is 0.337. The number of hydrogen-bond acceptors (Lipinski definition) is 2. The lowest BCUT2D eigenvalue weighted by Crippen LogP contribution is -2.41. The molecule has 1 aromatic rings. The van der Waals surface area contributed by atoms with Crippen LogP contribution in [0.5, 0.6) is 0 Å². The van der Waals surface area contributed by atoms with Gasteiger partial charge in [-0.1, -0.05) is 45.0 Å². The molecule has 3 rings (SSSR count). The van der Waals surface area contributed by atoms with Crippen LogP contribution in [0.3, 0.4) is 0 Å². The molecule has 2 fully saturated rings.